The third-order valence-electron chi connectivity index (χ3n) is 5.61. The van der Waals surface area contributed by atoms with Gasteiger partial charge in [0, 0.05) is 61.0 Å². The monoisotopic (exact) mass is 490 g/mol. The van der Waals surface area contributed by atoms with E-state index in [4.69, 9.17) is 9.84 Å². The molecule has 188 valence electrons. The van der Waals surface area contributed by atoms with E-state index in [1.807, 2.05) is 34.9 Å². The van der Waals surface area contributed by atoms with Gasteiger partial charge in [0.2, 0.25) is 5.95 Å². The number of aliphatic hydroxyl groups excluding tert-OH is 1. The van der Waals surface area contributed by atoms with Gasteiger partial charge in [0.15, 0.2) is 0 Å². The first-order valence-corrected chi connectivity index (χ1v) is 11.8. The van der Waals surface area contributed by atoms with Gasteiger partial charge in [0.05, 0.1) is 29.3 Å². The SMILES string of the molecule is CC(C)O.Cc1cn(N(c2ccc(N3CCOCC3)cc2)c2ncccn2)c2ccc([N+](=O)[O-])cc12. The van der Waals surface area contributed by atoms with E-state index >= 15 is 0 Å². The molecule has 0 saturated carbocycles. The molecular formula is C26H30N6O4. The molecule has 2 aromatic carbocycles. The van der Waals surface area contributed by atoms with E-state index in [9.17, 15) is 10.1 Å². The Balaban J connectivity index is 0.000000709. The first-order valence-electron chi connectivity index (χ1n) is 11.8. The van der Waals surface area contributed by atoms with Gasteiger partial charge in [-0.3, -0.25) is 14.8 Å². The Labute approximate surface area is 209 Å². The van der Waals surface area contributed by atoms with Crippen molar-refractivity contribution in [3.05, 3.63) is 82.8 Å². The molecule has 1 fully saturated rings. The van der Waals surface area contributed by atoms with E-state index in [1.165, 1.54) is 6.07 Å². The molecule has 0 atom stereocenters. The predicted molar refractivity (Wildman–Crippen MR) is 140 cm³/mol. The quantitative estimate of drug-likeness (QED) is 0.322. The highest BCUT2D eigenvalue weighted by Gasteiger charge is 2.20. The summed E-state index contributed by atoms with van der Waals surface area (Å²) in [5, 5.41) is 22.0. The zero-order chi connectivity index (χ0) is 25.7. The molecule has 0 unspecified atom stereocenters. The molecule has 1 aliphatic rings. The molecular weight excluding hydrogens is 460 g/mol. The number of ether oxygens (including phenoxy) is 1. The molecule has 1 aliphatic heterocycles. The number of nitrogens with zero attached hydrogens (tertiary/aromatic N) is 6. The molecule has 4 aromatic rings. The normalized spacial score (nSPS) is 13.4. The summed E-state index contributed by atoms with van der Waals surface area (Å²) in [7, 11) is 0. The lowest BCUT2D eigenvalue weighted by Gasteiger charge is -2.30. The first-order chi connectivity index (χ1) is 17.3. The van der Waals surface area contributed by atoms with Crippen LogP contribution in [0.5, 0.6) is 0 Å². The molecule has 36 heavy (non-hydrogen) atoms. The maximum absolute atomic E-state index is 11.3. The summed E-state index contributed by atoms with van der Waals surface area (Å²) in [6.45, 7) is 8.57. The average Bonchev–Trinajstić information content (AvgIpc) is 3.21. The Bertz CT molecular complexity index is 1300. The number of aryl methyl sites for hydroxylation is 1. The molecule has 3 heterocycles. The molecule has 1 saturated heterocycles. The minimum atomic E-state index is -0.376. The molecule has 0 amide bonds. The van der Waals surface area contributed by atoms with Crippen LogP contribution >= 0.6 is 0 Å². The zero-order valence-electron chi connectivity index (χ0n) is 20.6. The van der Waals surface area contributed by atoms with Crippen molar-refractivity contribution in [2.75, 3.05) is 36.2 Å². The number of nitro groups is 1. The molecule has 0 radical (unpaired) electrons. The molecule has 10 heteroatoms. The summed E-state index contributed by atoms with van der Waals surface area (Å²) >= 11 is 0. The maximum Gasteiger partial charge on any atom is 0.270 e. The largest absolute Gasteiger partial charge is 0.394 e. The van der Waals surface area contributed by atoms with Gasteiger partial charge in [-0.15, -0.1) is 0 Å². The van der Waals surface area contributed by atoms with Crippen molar-refractivity contribution in [2.45, 2.75) is 26.9 Å². The van der Waals surface area contributed by atoms with Crippen molar-refractivity contribution >= 4 is 33.9 Å². The van der Waals surface area contributed by atoms with Crippen LogP contribution in [-0.4, -0.2) is 57.1 Å². The van der Waals surface area contributed by atoms with Gasteiger partial charge < -0.3 is 14.7 Å². The number of anilines is 3. The van der Waals surface area contributed by atoms with Gasteiger partial charge >= 0.3 is 0 Å². The van der Waals surface area contributed by atoms with Crippen molar-refractivity contribution in [3.8, 4) is 0 Å². The van der Waals surface area contributed by atoms with Gasteiger partial charge in [-0.05, 0) is 62.7 Å². The van der Waals surface area contributed by atoms with Gasteiger partial charge in [-0.1, -0.05) is 0 Å². The van der Waals surface area contributed by atoms with Gasteiger partial charge in [0.25, 0.3) is 5.69 Å². The lowest BCUT2D eigenvalue weighted by Crippen LogP contribution is -2.36. The number of hydrogen-bond acceptors (Lipinski definition) is 8. The summed E-state index contributed by atoms with van der Waals surface area (Å²) in [5.74, 6) is 0.502. The van der Waals surface area contributed by atoms with Gasteiger partial charge in [-0.25, -0.2) is 15.0 Å². The fraction of sp³-hybridized carbons (Fsp3) is 0.308. The fourth-order valence-corrected chi connectivity index (χ4v) is 4.00. The topological polar surface area (TPSA) is 110 Å². The average molecular weight is 491 g/mol. The van der Waals surface area contributed by atoms with E-state index in [1.54, 1.807) is 44.4 Å². The highest BCUT2D eigenvalue weighted by Crippen LogP contribution is 2.32. The second kappa shape index (κ2) is 11.1. The number of morpholine rings is 1. The lowest BCUT2D eigenvalue weighted by molar-refractivity contribution is -0.384. The highest BCUT2D eigenvalue weighted by molar-refractivity contribution is 5.87. The van der Waals surface area contributed by atoms with E-state index < -0.39 is 0 Å². The van der Waals surface area contributed by atoms with E-state index in [0.29, 0.717) is 5.95 Å². The summed E-state index contributed by atoms with van der Waals surface area (Å²) in [5.41, 5.74) is 3.83. The molecule has 2 aromatic heterocycles. The van der Waals surface area contributed by atoms with Crippen molar-refractivity contribution in [3.63, 3.8) is 0 Å². The number of aliphatic hydroxyl groups is 1. The van der Waals surface area contributed by atoms with Gasteiger partial charge in [0.1, 0.15) is 0 Å². The van der Waals surface area contributed by atoms with Crippen LogP contribution in [0.4, 0.5) is 23.0 Å². The number of rotatable bonds is 5. The Morgan fingerprint density at radius 3 is 2.33 bits per heavy atom. The van der Waals surface area contributed by atoms with Crippen LogP contribution in [0.2, 0.25) is 0 Å². The fourth-order valence-electron chi connectivity index (χ4n) is 4.00. The summed E-state index contributed by atoms with van der Waals surface area (Å²) in [6.07, 6.45) is 5.17. The molecule has 5 rings (SSSR count). The molecule has 0 spiro atoms. The standard InChI is InChI=1S/C23H22N6O3.C3H8O/c1-17-16-27(22-8-7-20(29(30)31)15-21(17)22)28(23-24-9-2-10-25-23)19-5-3-18(4-6-19)26-11-13-32-14-12-26;1-3(2)4/h2-10,15-16H,11-14H2,1H3;3-4H,1-2H3. The number of nitro benzene ring substituents is 1. The van der Waals surface area contributed by atoms with Crippen molar-refractivity contribution in [1.82, 2.24) is 14.6 Å². The summed E-state index contributed by atoms with van der Waals surface area (Å²) < 4.78 is 7.39. The van der Waals surface area contributed by atoms with E-state index in [2.05, 4.69) is 27.0 Å². The lowest BCUT2D eigenvalue weighted by atomic mass is 10.2. The number of benzene rings is 2. The third kappa shape index (κ3) is 5.61. The first kappa shape index (κ1) is 25.1. The van der Waals surface area contributed by atoms with Crippen LogP contribution in [0, 0.1) is 17.0 Å². The van der Waals surface area contributed by atoms with Crippen LogP contribution < -0.4 is 9.91 Å². The van der Waals surface area contributed by atoms with Crippen molar-refractivity contribution in [1.29, 1.82) is 0 Å². The van der Waals surface area contributed by atoms with Crippen LogP contribution in [0.3, 0.4) is 0 Å². The Morgan fingerprint density at radius 1 is 1.08 bits per heavy atom. The van der Waals surface area contributed by atoms with E-state index in [0.717, 1.165) is 54.1 Å². The Hall–Kier alpha value is -4.02. The van der Waals surface area contributed by atoms with Crippen LogP contribution in [0.25, 0.3) is 10.9 Å². The maximum atomic E-state index is 11.3. The number of fused-ring (bicyclic) bond motifs is 1. The minimum absolute atomic E-state index is 0.0655. The van der Waals surface area contributed by atoms with Crippen molar-refractivity contribution in [2.24, 2.45) is 0 Å². The number of hydrogen-bond donors (Lipinski definition) is 1. The smallest absolute Gasteiger partial charge is 0.270 e. The Morgan fingerprint density at radius 2 is 1.72 bits per heavy atom. The van der Waals surface area contributed by atoms with Crippen LogP contribution in [-0.2, 0) is 4.74 Å². The molecule has 10 nitrogen and oxygen atoms in total. The molecule has 1 N–H and O–H groups in total. The molecule has 0 bridgehead atoms. The van der Waals surface area contributed by atoms with Crippen molar-refractivity contribution < 1.29 is 14.8 Å². The van der Waals surface area contributed by atoms with Crippen LogP contribution in [0.1, 0.15) is 19.4 Å². The number of non-ortho nitro benzene ring substituents is 1. The summed E-state index contributed by atoms with van der Waals surface area (Å²) in [4.78, 5) is 22.1. The zero-order valence-corrected chi connectivity index (χ0v) is 20.6. The minimum Gasteiger partial charge on any atom is -0.394 e. The van der Waals surface area contributed by atoms with Gasteiger partial charge in [-0.2, -0.15) is 0 Å². The predicted octanol–water partition coefficient (Wildman–Crippen LogP) is 4.47. The molecule has 0 aliphatic carbocycles. The second-order valence-electron chi connectivity index (χ2n) is 8.69. The number of aromatic nitrogens is 3. The van der Waals surface area contributed by atoms with E-state index in [-0.39, 0.29) is 16.7 Å². The third-order valence-corrected chi connectivity index (χ3v) is 5.61. The summed E-state index contributed by atoms with van der Waals surface area (Å²) in [6, 6.07) is 14.9. The van der Waals surface area contributed by atoms with Crippen LogP contribution in [0.15, 0.2) is 67.1 Å². The second-order valence-corrected chi connectivity index (χ2v) is 8.69. The highest BCUT2D eigenvalue weighted by atomic mass is 16.6. The Kier molecular flexibility index (Phi) is 7.77.